The number of aliphatic imine (C=N–C) groups is 1. The lowest BCUT2D eigenvalue weighted by Gasteiger charge is -2.12. The lowest BCUT2D eigenvalue weighted by Crippen LogP contribution is -2.38. The lowest BCUT2D eigenvalue weighted by atomic mass is 10.1. The van der Waals surface area contributed by atoms with Crippen LogP contribution in [-0.2, 0) is 13.0 Å². The minimum absolute atomic E-state index is 0. The third-order valence-electron chi connectivity index (χ3n) is 3.63. The van der Waals surface area contributed by atoms with Crippen molar-refractivity contribution in [1.82, 2.24) is 10.6 Å². The fraction of sp³-hybridized carbons (Fsp3) is 0.250. The third-order valence-corrected chi connectivity index (χ3v) is 3.63. The van der Waals surface area contributed by atoms with E-state index in [4.69, 9.17) is 11.2 Å². The molecule has 7 heteroatoms. The second kappa shape index (κ2) is 12.1. The predicted molar refractivity (Wildman–Crippen MR) is 114 cm³/mol. The van der Waals surface area contributed by atoms with Crippen molar-refractivity contribution < 1.29 is 13.5 Å². The fourth-order valence-electron chi connectivity index (χ4n) is 2.28. The monoisotopic (exact) mass is 485 g/mol. The van der Waals surface area contributed by atoms with Crippen molar-refractivity contribution in [2.24, 2.45) is 4.99 Å². The van der Waals surface area contributed by atoms with E-state index in [1.54, 1.807) is 7.05 Å². The van der Waals surface area contributed by atoms with Gasteiger partial charge in [-0.15, -0.1) is 30.4 Å². The average Bonchev–Trinajstić information content (AvgIpc) is 2.66. The first-order valence-electron chi connectivity index (χ1n) is 8.16. The van der Waals surface area contributed by atoms with Crippen LogP contribution < -0.4 is 15.4 Å². The van der Waals surface area contributed by atoms with Gasteiger partial charge in [-0.05, 0) is 42.3 Å². The topological polar surface area (TPSA) is 45.6 Å². The van der Waals surface area contributed by atoms with Crippen molar-refractivity contribution in [2.45, 2.75) is 13.0 Å². The van der Waals surface area contributed by atoms with Crippen LogP contribution in [0.5, 0.6) is 5.75 Å². The molecule has 0 saturated carbocycles. The standard InChI is InChI=1S/C20H21F2N3O.HI/c1-3-12-26-18-7-4-15(5-8-18)10-11-24-20(23-2)25-14-16-13-17(21)6-9-19(16)22;/h1,4-9,13H,10-12,14H2,2H3,(H2,23,24,25);1H. The SMILES string of the molecule is C#CCOc1ccc(CCNC(=NC)NCc2cc(F)ccc2F)cc1.I. The summed E-state index contributed by atoms with van der Waals surface area (Å²) in [7, 11) is 1.62. The quantitative estimate of drug-likeness (QED) is 0.273. The summed E-state index contributed by atoms with van der Waals surface area (Å²) in [5.41, 5.74) is 1.37. The summed E-state index contributed by atoms with van der Waals surface area (Å²) in [6.45, 7) is 1.02. The molecule has 0 saturated heterocycles. The van der Waals surface area contributed by atoms with Gasteiger partial charge in [0.1, 0.15) is 24.0 Å². The number of hydrogen-bond acceptors (Lipinski definition) is 2. The molecule has 2 aromatic carbocycles. The summed E-state index contributed by atoms with van der Waals surface area (Å²) in [5, 5.41) is 6.10. The normalized spacial score (nSPS) is 10.5. The predicted octanol–water partition coefficient (Wildman–Crippen LogP) is 3.50. The highest BCUT2D eigenvalue weighted by Crippen LogP contribution is 2.12. The van der Waals surface area contributed by atoms with E-state index < -0.39 is 11.6 Å². The Hall–Kier alpha value is -2.34. The smallest absolute Gasteiger partial charge is 0.191 e. The van der Waals surface area contributed by atoms with Crippen molar-refractivity contribution in [3.05, 3.63) is 65.2 Å². The molecule has 0 spiro atoms. The van der Waals surface area contributed by atoms with Gasteiger partial charge in [0, 0.05) is 25.7 Å². The Morgan fingerprint density at radius 1 is 1.15 bits per heavy atom. The molecule has 2 aromatic rings. The highest BCUT2D eigenvalue weighted by molar-refractivity contribution is 14.0. The Balaban J connectivity index is 0.00000364. The molecule has 0 heterocycles. The van der Waals surface area contributed by atoms with Crippen LogP contribution in [0.3, 0.4) is 0 Å². The molecule has 2 rings (SSSR count). The number of ether oxygens (including phenoxy) is 1. The first-order valence-corrected chi connectivity index (χ1v) is 8.16. The van der Waals surface area contributed by atoms with Crippen molar-refractivity contribution in [3.8, 4) is 18.1 Å². The van der Waals surface area contributed by atoms with Gasteiger partial charge in [-0.3, -0.25) is 4.99 Å². The molecule has 4 nitrogen and oxygen atoms in total. The number of halogens is 3. The highest BCUT2D eigenvalue weighted by atomic mass is 127. The molecule has 0 aromatic heterocycles. The molecule has 0 aliphatic rings. The number of nitrogens with one attached hydrogen (secondary N) is 2. The first-order chi connectivity index (χ1) is 12.6. The summed E-state index contributed by atoms with van der Waals surface area (Å²) in [5.74, 6) is 2.74. The summed E-state index contributed by atoms with van der Waals surface area (Å²) in [6.07, 6.45) is 5.92. The second-order valence-corrected chi connectivity index (χ2v) is 5.48. The maximum Gasteiger partial charge on any atom is 0.191 e. The number of hydrogen-bond donors (Lipinski definition) is 2. The van der Waals surface area contributed by atoms with Crippen molar-refractivity contribution in [3.63, 3.8) is 0 Å². The van der Waals surface area contributed by atoms with Gasteiger partial charge in [0.2, 0.25) is 0 Å². The number of terminal acetylenes is 1. The van der Waals surface area contributed by atoms with Crippen molar-refractivity contribution >= 4 is 29.9 Å². The maximum absolute atomic E-state index is 13.6. The van der Waals surface area contributed by atoms with E-state index >= 15 is 0 Å². The summed E-state index contributed by atoms with van der Waals surface area (Å²) >= 11 is 0. The van der Waals surface area contributed by atoms with Gasteiger partial charge < -0.3 is 15.4 Å². The molecular weight excluding hydrogens is 463 g/mol. The maximum atomic E-state index is 13.6. The van der Waals surface area contributed by atoms with Gasteiger partial charge in [0.25, 0.3) is 0 Å². The first kappa shape index (κ1) is 22.7. The molecule has 0 radical (unpaired) electrons. The van der Waals surface area contributed by atoms with E-state index in [2.05, 4.69) is 21.5 Å². The fourth-order valence-corrected chi connectivity index (χ4v) is 2.28. The third kappa shape index (κ3) is 7.83. The zero-order valence-electron chi connectivity index (χ0n) is 15.0. The summed E-state index contributed by atoms with van der Waals surface area (Å²) in [6, 6.07) is 11.0. The zero-order chi connectivity index (χ0) is 18.8. The number of guanidine groups is 1. The molecule has 0 fully saturated rings. The number of rotatable bonds is 7. The van der Waals surface area contributed by atoms with E-state index in [0.717, 1.165) is 29.9 Å². The molecule has 2 N–H and O–H groups in total. The van der Waals surface area contributed by atoms with Gasteiger partial charge in [-0.2, -0.15) is 0 Å². The Morgan fingerprint density at radius 3 is 2.56 bits per heavy atom. The van der Waals surface area contributed by atoms with Crippen LogP contribution in [0.25, 0.3) is 0 Å². The molecular formula is C20H22F2IN3O. The van der Waals surface area contributed by atoms with Gasteiger partial charge in [-0.25, -0.2) is 8.78 Å². The molecule has 0 bridgehead atoms. The van der Waals surface area contributed by atoms with Gasteiger partial charge in [0.05, 0.1) is 0 Å². The van der Waals surface area contributed by atoms with Gasteiger partial charge in [0.15, 0.2) is 5.96 Å². The highest BCUT2D eigenvalue weighted by Gasteiger charge is 2.05. The largest absolute Gasteiger partial charge is 0.481 e. The number of nitrogens with zero attached hydrogens (tertiary/aromatic N) is 1. The lowest BCUT2D eigenvalue weighted by molar-refractivity contribution is 0.370. The van der Waals surface area contributed by atoms with Crippen molar-refractivity contribution in [1.29, 1.82) is 0 Å². The van der Waals surface area contributed by atoms with Crippen molar-refractivity contribution in [2.75, 3.05) is 20.2 Å². The van der Waals surface area contributed by atoms with E-state index in [9.17, 15) is 8.78 Å². The van der Waals surface area contributed by atoms with Crippen LogP contribution in [0.4, 0.5) is 8.78 Å². The summed E-state index contributed by atoms with van der Waals surface area (Å²) < 4.78 is 32.1. The van der Waals surface area contributed by atoms with Crippen LogP contribution in [-0.4, -0.2) is 26.2 Å². The molecule has 27 heavy (non-hydrogen) atoms. The Labute approximate surface area is 175 Å². The van der Waals surface area contributed by atoms with Crippen LogP contribution in [0.2, 0.25) is 0 Å². The minimum Gasteiger partial charge on any atom is -0.481 e. The second-order valence-electron chi connectivity index (χ2n) is 5.48. The van der Waals surface area contributed by atoms with Crippen LogP contribution in [0.1, 0.15) is 11.1 Å². The molecule has 0 aliphatic heterocycles. The molecule has 0 atom stereocenters. The molecule has 144 valence electrons. The van der Waals surface area contributed by atoms with Crippen LogP contribution >= 0.6 is 24.0 Å². The summed E-state index contributed by atoms with van der Waals surface area (Å²) in [4.78, 5) is 4.07. The minimum atomic E-state index is -0.471. The van der Waals surface area contributed by atoms with E-state index in [1.165, 1.54) is 6.07 Å². The molecule has 0 amide bonds. The Kier molecular flexibility index (Phi) is 10.2. The molecule has 0 aliphatic carbocycles. The zero-order valence-corrected chi connectivity index (χ0v) is 17.3. The van der Waals surface area contributed by atoms with Crippen LogP contribution in [0, 0.1) is 24.0 Å². The van der Waals surface area contributed by atoms with E-state index in [-0.39, 0.29) is 42.7 Å². The molecule has 0 unspecified atom stereocenters. The Bertz CT molecular complexity index is 789. The number of benzene rings is 2. The van der Waals surface area contributed by atoms with Gasteiger partial charge in [-0.1, -0.05) is 18.1 Å². The average molecular weight is 485 g/mol. The van der Waals surface area contributed by atoms with E-state index in [0.29, 0.717) is 12.5 Å². The van der Waals surface area contributed by atoms with Gasteiger partial charge >= 0.3 is 0 Å². The van der Waals surface area contributed by atoms with Crippen LogP contribution in [0.15, 0.2) is 47.5 Å². The Morgan fingerprint density at radius 2 is 1.89 bits per heavy atom. The van der Waals surface area contributed by atoms with E-state index in [1.807, 2.05) is 24.3 Å².